The Hall–Kier alpha value is -2.34. The number of primary amides is 1. The lowest BCUT2D eigenvalue weighted by Gasteiger charge is -2.09. The summed E-state index contributed by atoms with van der Waals surface area (Å²) < 4.78 is 4.67. The molecular weight excluding hydrogens is 236 g/mol. The number of hydrogen-bond donors (Lipinski definition) is 1. The fourth-order valence-corrected chi connectivity index (χ4v) is 1.13. The molecule has 0 saturated heterocycles. The Kier molecular flexibility index (Phi) is 4.89. The van der Waals surface area contributed by atoms with Crippen molar-refractivity contribution in [3.8, 4) is 5.75 Å². The second-order valence-corrected chi connectivity index (χ2v) is 3.34. The van der Waals surface area contributed by atoms with Crippen LogP contribution in [0.25, 0.3) is 6.08 Å². The van der Waals surface area contributed by atoms with Gasteiger partial charge in [-0.15, -0.1) is 0 Å². The summed E-state index contributed by atoms with van der Waals surface area (Å²) >= 11 is 0. The molecule has 2 N–H and O–H groups in total. The first-order valence-electron chi connectivity index (χ1n) is 5.10. The number of amides is 2. The zero-order valence-electron chi connectivity index (χ0n) is 10.1. The van der Waals surface area contributed by atoms with Crippen molar-refractivity contribution in [2.45, 2.75) is 0 Å². The van der Waals surface area contributed by atoms with E-state index in [2.05, 4.69) is 4.74 Å². The molecule has 0 radical (unpaired) electrons. The van der Waals surface area contributed by atoms with Gasteiger partial charge in [0.1, 0.15) is 5.75 Å². The predicted molar refractivity (Wildman–Crippen MR) is 65.5 cm³/mol. The van der Waals surface area contributed by atoms with Gasteiger partial charge in [-0.25, -0.2) is 9.86 Å². The molecular formula is C12H14N2O4. The molecule has 0 atom stereocenters. The zero-order chi connectivity index (χ0) is 13.5. The van der Waals surface area contributed by atoms with E-state index >= 15 is 0 Å². The van der Waals surface area contributed by atoms with E-state index in [-0.39, 0.29) is 5.91 Å². The highest BCUT2D eigenvalue weighted by Gasteiger charge is 2.02. The number of rotatable bonds is 4. The van der Waals surface area contributed by atoms with Crippen molar-refractivity contribution in [2.24, 2.45) is 5.73 Å². The lowest BCUT2D eigenvalue weighted by molar-refractivity contribution is -0.162. The normalized spacial score (nSPS) is 10.3. The first-order valence-corrected chi connectivity index (χ1v) is 5.10. The molecule has 0 aliphatic rings. The van der Waals surface area contributed by atoms with Crippen molar-refractivity contribution in [1.82, 2.24) is 5.06 Å². The van der Waals surface area contributed by atoms with Crippen molar-refractivity contribution in [2.75, 3.05) is 14.2 Å². The van der Waals surface area contributed by atoms with Gasteiger partial charge in [-0.3, -0.25) is 9.63 Å². The number of likely N-dealkylation sites (N-methyl/N-ethyl adjacent to an activating group) is 1. The Morgan fingerprint density at radius 3 is 2.39 bits per heavy atom. The molecule has 0 aliphatic heterocycles. The van der Waals surface area contributed by atoms with Crippen LogP contribution >= 0.6 is 0 Å². The van der Waals surface area contributed by atoms with Gasteiger partial charge in [0, 0.05) is 13.1 Å². The second kappa shape index (κ2) is 6.41. The quantitative estimate of drug-likeness (QED) is 0.642. The summed E-state index contributed by atoms with van der Waals surface area (Å²) in [5.74, 6) is 0.0648. The topological polar surface area (TPSA) is 81.9 Å². The van der Waals surface area contributed by atoms with E-state index < -0.39 is 6.09 Å². The van der Waals surface area contributed by atoms with E-state index in [0.717, 1.165) is 10.6 Å². The second-order valence-electron chi connectivity index (χ2n) is 3.34. The molecule has 0 bridgehead atoms. The molecule has 18 heavy (non-hydrogen) atoms. The van der Waals surface area contributed by atoms with E-state index in [1.807, 2.05) is 0 Å². The molecule has 0 heterocycles. The van der Waals surface area contributed by atoms with Crippen molar-refractivity contribution >= 4 is 18.1 Å². The molecule has 1 rings (SSSR count). The van der Waals surface area contributed by atoms with E-state index in [0.29, 0.717) is 5.75 Å². The highest BCUT2D eigenvalue weighted by Crippen LogP contribution is 2.13. The van der Waals surface area contributed by atoms with Crippen molar-refractivity contribution in [3.05, 3.63) is 35.9 Å². The van der Waals surface area contributed by atoms with Gasteiger partial charge in [-0.1, -0.05) is 12.1 Å². The molecule has 6 nitrogen and oxygen atoms in total. The molecule has 0 fully saturated rings. The highest BCUT2D eigenvalue weighted by atomic mass is 16.7. The zero-order valence-corrected chi connectivity index (χ0v) is 10.1. The number of ether oxygens (including phenoxy) is 1. The molecule has 0 unspecified atom stereocenters. The minimum atomic E-state index is -0.866. The van der Waals surface area contributed by atoms with Crippen LogP contribution in [-0.2, 0) is 9.63 Å². The van der Waals surface area contributed by atoms with Crippen LogP contribution in [0.3, 0.4) is 0 Å². The van der Waals surface area contributed by atoms with Crippen molar-refractivity contribution in [1.29, 1.82) is 0 Å². The largest absolute Gasteiger partial charge is 0.411 e. The fourth-order valence-electron chi connectivity index (χ4n) is 1.13. The molecule has 6 heteroatoms. The average molecular weight is 250 g/mol. The maximum absolute atomic E-state index is 11.4. The van der Waals surface area contributed by atoms with Gasteiger partial charge in [0.2, 0.25) is 0 Å². The average Bonchev–Trinajstić information content (AvgIpc) is 2.36. The Balaban J connectivity index is 2.66. The molecule has 0 saturated carbocycles. The van der Waals surface area contributed by atoms with Crippen LogP contribution < -0.4 is 10.5 Å². The summed E-state index contributed by atoms with van der Waals surface area (Å²) in [4.78, 5) is 26.6. The summed E-state index contributed by atoms with van der Waals surface area (Å²) in [6.45, 7) is 0. The number of hydrogen-bond acceptors (Lipinski definition) is 4. The predicted octanol–water partition coefficient (Wildman–Crippen LogP) is 1.18. The van der Waals surface area contributed by atoms with E-state index in [4.69, 9.17) is 10.6 Å². The Bertz CT molecular complexity index is 454. The summed E-state index contributed by atoms with van der Waals surface area (Å²) in [5.41, 5.74) is 5.65. The minimum Gasteiger partial charge on any atom is -0.411 e. The smallest absolute Gasteiger partial charge is 0.409 e. The van der Waals surface area contributed by atoms with E-state index in [1.54, 1.807) is 30.3 Å². The summed E-state index contributed by atoms with van der Waals surface area (Å²) in [6, 6.07) is 6.54. The molecule has 96 valence electrons. The van der Waals surface area contributed by atoms with Crippen LogP contribution in [0.5, 0.6) is 5.75 Å². The Morgan fingerprint density at radius 2 is 1.89 bits per heavy atom. The Labute approximate surface area is 105 Å². The van der Waals surface area contributed by atoms with Crippen LogP contribution in [0.1, 0.15) is 5.56 Å². The number of nitrogens with two attached hydrogens (primary N) is 1. The lowest BCUT2D eigenvalue weighted by Crippen LogP contribution is -2.22. The number of benzene rings is 1. The third-order valence-electron chi connectivity index (χ3n) is 2.10. The van der Waals surface area contributed by atoms with Crippen LogP contribution in [0, 0.1) is 0 Å². The van der Waals surface area contributed by atoms with Gasteiger partial charge < -0.3 is 10.5 Å². The maximum Gasteiger partial charge on any atom is 0.409 e. The first kappa shape index (κ1) is 13.7. The van der Waals surface area contributed by atoms with E-state index in [9.17, 15) is 9.59 Å². The standard InChI is InChI=1S/C12H14N2O4/c1-14(17-2)11(15)8-5-9-3-6-10(7-4-9)18-12(13)16/h3-8H,1-2H3,(H2,13,16)/b8-5+. The SMILES string of the molecule is CON(C)C(=O)/C=C/c1ccc(OC(N)=O)cc1. The summed E-state index contributed by atoms with van der Waals surface area (Å²) in [5, 5.41) is 1.10. The van der Waals surface area contributed by atoms with Gasteiger partial charge in [0.05, 0.1) is 7.11 Å². The van der Waals surface area contributed by atoms with Gasteiger partial charge in [0.15, 0.2) is 0 Å². The van der Waals surface area contributed by atoms with Gasteiger partial charge in [-0.2, -0.15) is 0 Å². The summed E-state index contributed by atoms with van der Waals surface area (Å²) in [7, 11) is 2.91. The first-order chi connectivity index (χ1) is 8.52. The third kappa shape index (κ3) is 4.26. The molecule has 0 aliphatic carbocycles. The summed E-state index contributed by atoms with van der Waals surface area (Å²) in [6.07, 6.45) is 2.12. The lowest BCUT2D eigenvalue weighted by atomic mass is 10.2. The third-order valence-corrected chi connectivity index (χ3v) is 2.10. The monoisotopic (exact) mass is 250 g/mol. The molecule has 0 aromatic heterocycles. The maximum atomic E-state index is 11.4. The van der Waals surface area contributed by atoms with Crippen LogP contribution in [-0.4, -0.2) is 31.2 Å². The molecule has 0 spiro atoms. The van der Waals surface area contributed by atoms with Gasteiger partial charge >= 0.3 is 6.09 Å². The molecule has 2 amide bonds. The van der Waals surface area contributed by atoms with Crippen LogP contribution in [0.2, 0.25) is 0 Å². The number of carbonyl (C=O) groups excluding carboxylic acids is 2. The minimum absolute atomic E-state index is 0.282. The van der Waals surface area contributed by atoms with Crippen molar-refractivity contribution < 1.29 is 19.2 Å². The van der Waals surface area contributed by atoms with Gasteiger partial charge in [0.25, 0.3) is 5.91 Å². The van der Waals surface area contributed by atoms with Gasteiger partial charge in [-0.05, 0) is 23.8 Å². The fraction of sp³-hybridized carbons (Fsp3) is 0.167. The van der Waals surface area contributed by atoms with Crippen LogP contribution in [0.4, 0.5) is 4.79 Å². The highest BCUT2D eigenvalue weighted by molar-refractivity contribution is 5.90. The number of nitrogens with zero attached hydrogens (tertiary/aromatic N) is 1. The van der Waals surface area contributed by atoms with E-state index in [1.165, 1.54) is 20.2 Å². The number of carbonyl (C=O) groups is 2. The van der Waals surface area contributed by atoms with Crippen molar-refractivity contribution in [3.63, 3.8) is 0 Å². The van der Waals surface area contributed by atoms with Crippen LogP contribution in [0.15, 0.2) is 30.3 Å². The number of hydroxylamine groups is 2. The Morgan fingerprint density at radius 1 is 1.28 bits per heavy atom. The molecule has 1 aromatic carbocycles. The molecule has 1 aromatic rings.